The van der Waals surface area contributed by atoms with Gasteiger partial charge in [-0.05, 0) is 47.4 Å². The molecule has 0 spiro atoms. The lowest BCUT2D eigenvalue weighted by atomic mass is 10.0. The summed E-state index contributed by atoms with van der Waals surface area (Å²) in [4.78, 5) is 31.2. The van der Waals surface area contributed by atoms with Crippen LogP contribution in [0.5, 0.6) is 23.0 Å². The summed E-state index contributed by atoms with van der Waals surface area (Å²) in [5.74, 6) is 2.64. The van der Waals surface area contributed by atoms with E-state index < -0.39 is 0 Å². The molecule has 9 nitrogen and oxygen atoms in total. The molecule has 10 heteroatoms. The van der Waals surface area contributed by atoms with Gasteiger partial charge in [0.15, 0.2) is 28.2 Å². The largest absolute Gasteiger partial charge is 0.454 e. The van der Waals surface area contributed by atoms with Crippen molar-refractivity contribution in [3.63, 3.8) is 0 Å². The molecule has 2 aliphatic heterocycles. The second-order valence-corrected chi connectivity index (χ2v) is 10.3. The zero-order valence-corrected chi connectivity index (χ0v) is 21.7. The van der Waals surface area contributed by atoms with Crippen LogP contribution in [0.4, 0.5) is 5.69 Å². The molecule has 1 aromatic heterocycles. The van der Waals surface area contributed by atoms with Crippen LogP contribution in [0.2, 0.25) is 0 Å². The van der Waals surface area contributed by atoms with Gasteiger partial charge >= 0.3 is 0 Å². The van der Waals surface area contributed by atoms with Crippen LogP contribution in [0.1, 0.15) is 30.9 Å². The molecular formula is C28H25N3O6S. The molecule has 0 unspecified atom stereocenters. The summed E-state index contributed by atoms with van der Waals surface area (Å²) in [6.45, 7) is 4.75. The highest BCUT2D eigenvalue weighted by molar-refractivity contribution is 7.99. The maximum absolute atomic E-state index is 13.7. The summed E-state index contributed by atoms with van der Waals surface area (Å²) in [7, 11) is 0. The predicted molar refractivity (Wildman–Crippen MR) is 144 cm³/mol. The molecule has 194 valence electrons. The number of nitrogens with one attached hydrogen (secondary N) is 1. The third-order valence-corrected chi connectivity index (χ3v) is 7.36. The first-order chi connectivity index (χ1) is 18.4. The van der Waals surface area contributed by atoms with Gasteiger partial charge in [-0.1, -0.05) is 43.8 Å². The van der Waals surface area contributed by atoms with Crippen molar-refractivity contribution in [2.45, 2.75) is 31.5 Å². The predicted octanol–water partition coefficient (Wildman–Crippen LogP) is 4.76. The van der Waals surface area contributed by atoms with Crippen LogP contribution in [0.15, 0.2) is 64.5 Å². The van der Waals surface area contributed by atoms with Gasteiger partial charge < -0.3 is 24.3 Å². The fourth-order valence-electron chi connectivity index (χ4n) is 4.34. The number of thioether (sulfide) groups is 1. The standard InChI is InChI=1S/C28H25N3O6S/c1-16(2)18-4-6-19(7-5-18)29-26(32)13-38-28-30-21-11-25-24(36-15-37-25)10-20(21)27(33)31(28)12-17-3-8-22-23(9-17)35-14-34-22/h3-11,16H,12-15H2,1-2H3,(H,29,32). The van der Waals surface area contributed by atoms with Crippen LogP contribution < -0.4 is 29.8 Å². The second-order valence-electron chi connectivity index (χ2n) is 9.31. The third-order valence-electron chi connectivity index (χ3n) is 6.38. The highest BCUT2D eigenvalue weighted by Crippen LogP contribution is 2.36. The van der Waals surface area contributed by atoms with Crippen LogP contribution in [0.3, 0.4) is 0 Å². The van der Waals surface area contributed by atoms with Gasteiger partial charge in [0, 0.05) is 11.8 Å². The first-order valence-electron chi connectivity index (χ1n) is 12.2. The quantitative estimate of drug-likeness (QED) is 0.269. The molecule has 0 bridgehead atoms. The van der Waals surface area contributed by atoms with Crippen molar-refractivity contribution in [1.29, 1.82) is 0 Å². The zero-order chi connectivity index (χ0) is 26.2. The first kappa shape index (κ1) is 24.2. The number of hydrogen-bond donors (Lipinski definition) is 1. The Balaban J connectivity index is 1.29. The van der Waals surface area contributed by atoms with E-state index in [0.29, 0.717) is 45.0 Å². The van der Waals surface area contributed by atoms with E-state index in [9.17, 15) is 9.59 Å². The molecule has 0 saturated carbocycles. The summed E-state index contributed by atoms with van der Waals surface area (Å²) in [6.07, 6.45) is 0. The molecule has 1 amide bonds. The number of rotatable bonds is 7. The van der Waals surface area contributed by atoms with Gasteiger partial charge in [0.05, 0.1) is 23.2 Å². The van der Waals surface area contributed by atoms with Crippen molar-refractivity contribution in [1.82, 2.24) is 9.55 Å². The Hall–Kier alpha value is -4.18. The van der Waals surface area contributed by atoms with Crippen LogP contribution >= 0.6 is 11.8 Å². The van der Waals surface area contributed by atoms with Gasteiger partial charge in [-0.2, -0.15) is 0 Å². The van der Waals surface area contributed by atoms with Crippen LogP contribution in [-0.4, -0.2) is 34.8 Å². The molecule has 0 saturated heterocycles. The van der Waals surface area contributed by atoms with E-state index >= 15 is 0 Å². The number of amides is 1. The van der Waals surface area contributed by atoms with Gasteiger partial charge in [0.25, 0.3) is 5.56 Å². The highest BCUT2D eigenvalue weighted by Gasteiger charge is 2.21. The number of benzene rings is 3. The number of carbonyl (C=O) groups is 1. The summed E-state index contributed by atoms with van der Waals surface area (Å²) >= 11 is 1.20. The maximum Gasteiger partial charge on any atom is 0.262 e. The SMILES string of the molecule is CC(C)c1ccc(NC(=O)CSc2nc3cc4c(cc3c(=O)n2Cc2ccc3c(c2)OCO3)OCO4)cc1. The van der Waals surface area contributed by atoms with E-state index in [0.717, 1.165) is 11.3 Å². The molecule has 0 aliphatic carbocycles. The second kappa shape index (κ2) is 9.94. The van der Waals surface area contributed by atoms with Gasteiger partial charge in [0.2, 0.25) is 19.5 Å². The Labute approximate surface area is 222 Å². The molecule has 0 fully saturated rings. The molecular weight excluding hydrogens is 506 g/mol. The average molecular weight is 532 g/mol. The Morgan fingerprint density at radius 2 is 1.63 bits per heavy atom. The van der Waals surface area contributed by atoms with Gasteiger partial charge in [-0.15, -0.1) is 0 Å². The van der Waals surface area contributed by atoms with Crippen molar-refractivity contribution in [3.8, 4) is 23.0 Å². The molecule has 3 heterocycles. The summed E-state index contributed by atoms with van der Waals surface area (Å²) in [6, 6.07) is 16.7. The Morgan fingerprint density at radius 3 is 2.37 bits per heavy atom. The van der Waals surface area contributed by atoms with Crippen LogP contribution in [-0.2, 0) is 11.3 Å². The molecule has 1 N–H and O–H groups in total. The van der Waals surface area contributed by atoms with Crippen LogP contribution in [0, 0.1) is 0 Å². The van der Waals surface area contributed by atoms with E-state index in [1.807, 2.05) is 42.5 Å². The Morgan fingerprint density at radius 1 is 0.947 bits per heavy atom. The minimum Gasteiger partial charge on any atom is -0.454 e. The molecule has 38 heavy (non-hydrogen) atoms. The topological polar surface area (TPSA) is 101 Å². The fraction of sp³-hybridized carbons (Fsp3) is 0.250. The van der Waals surface area contributed by atoms with E-state index in [1.54, 1.807) is 16.7 Å². The molecule has 3 aromatic carbocycles. The smallest absolute Gasteiger partial charge is 0.262 e. The van der Waals surface area contributed by atoms with E-state index in [1.165, 1.54) is 17.3 Å². The summed E-state index contributed by atoms with van der Waals surface area (Å²) < 4.78 is 23.4. The Bertz CT molecular complexity index is 1600. The van der Waals surface area contributed by atoms with Crippen molar-refractivity contribution in [2.75, 3.05) is 24.7 Å². The number of fused-ring (bicyclic) bond motifs is 3. The lowest BCUT2D eigenvalue weighted by Gasteiger charge is -2.14. The normalized spacial score (nSPS) is 13.3. The molecule has 0 radical (unpaired) electrons. The molecule has 4 aromatic rings. The van der Waals surface area contributed by atoms with Gasteiger partial charge in [0.1, 0.15) is 0 Å². The lowest BCUT2D eigenvalue weighted by Crippen LogP contribution is -2.25. The lowest BCUT2D eigenvalue weighted by molar-refractivity contribution is -0.113. The molecule has 0 atom stereocenters. The van der Waals surface area contributed by atoms with E-state index in [4.69, 9.17) is 23.9 Å². The number of nitrogens with zero attached hydrogens (tertiary/aromatic N) is 2. The van der Waals surface area contributed by atoms with Crippen molar-refractivity contribution in [2.24, 2.45) is 0 Å². The number of anilines is 1. The molecule has 6 rings (SSSR count). The van der Waals surface area contributed by atoms with Crippen molar-refractivity contribution < 1.29 is 23.7 Å². The minimum absolute atomic E-state index is 0.0789. The minimum atomic E-state index is -0.238. The first-order valence-corrected chi connectivity index (χ1v) is 13.2. The number of hydrogen-bond acceptors (Lipinski definition) is 8. The third kappa shape index (κ3) is 4.74. The van der Waals surface area contributed by atoms with E-state index in [2.05, 4.69) is 19.2 Å². The highest BCUT2D eigenvalue weighted by atomic mass is 32.2. The number of aromatic nitrogens is 2. The summed E-state index contributed by atoms with van der Waals surface area (Å²) in [5.41, 5.74) is 3.00. The van der Waals surface area contributed by atoms with Gasteiger partial charge in [-0.25, -0.2) is 4.98 Å². The average Bonchev–Trinajstić information content (AvgIpc) is 3.57. The van der Waals surface area contributed by atoms with Crippen molar-refractivity contribution >= 4 is 34.3 Å². The Kier molecular flexibility index (Phi) is 6.32. The van der Waals surface area contributed by atoms with Crippen molar-refractivity contribution in [3.05, 3.63) is 76.1 Å². The fourth-order valence-corrected chi connectivity index (χ4v) is 5.14. The number of carbonyl (C=O) groups excluding carboxylic acids is 1. The maximum atomic E-state index is 13.7. The van der Waals surface area contributed by atoms with Gasteiger partial charge in [-0.3, -0.25) is 14.2 Å². The van der Waals surface area contributed by atoms with Crippen LogP contribution in [0.25, 0.3) is 10.9 Å². The number of ether oxygens (including phenoxy) is 4. The molecule has 2 aliphatic rings. The summed E-state index contributed by atoms with van der Waals surface area (Å²) in [5, 5.41) is 3.75. The van der Waals surface area contributed by atoms with E-state index in [-0.39, 0.29) is 37.3 Å². The zero-order valence-electron chi connectivity index (χ0n) is 20.9. The monoisotopic (exact) mass is 531 g/mol.